The first kappa shape index (κ1) is 34.0. The van der Waals surface area contributed by atoms with Gasteiger partial charge in [0.15, 0.2) is 0 Å². The van der Waals surface area contributed by atoms with Gasteiger partial charge >= 0.3 is 0 Å². The van der Waals surface area contributed by atoms with E-state index in [0.717, 1.165) is 11.1 Å². The Labute approximate surface area is 262 Å². The number of amides is 2. The molecule has 0 saturated heterocycles. The number of carbonyl (C=O) groups excluding carboxylic acids is 2. The van der Waals surface area contributed by atoms with E-state index in [1.54, 1.807) is 45.9 Å². The zero-order chi connectivity index (χ0) is 33.4. The molecule has 0 fully saturated rings. The lowest BCUT2D eigenvalue weighted by atomic mass is 10.0. The molecule has 2 aromatic rings. The van der Waals surface area contributed by atoms with Crippen molar-refractivity contribution in [1.82, 2.24) is 15.3 Å². The van der Waals surface area contributed by atoms with Crippen LogP contribution in [0.2, 0.25) is 0 Å². The second kappa shape index (κ2) is 12.9. The van der Waals surface area contributed by atoms with E-state index in [-0.39, 0.29) is 24.7 Å². The molecule has 4 heterocycles. The first-order valence-electron chi connectivity index (χ1n) is 14.5. The molecule has 0 aromatic carbocycles. The summed E-state index contributed by atoms with van der Waals surface area (Å²) in [4.78, 5) is 35.4. The SMILES string of the molecule is CCC1=C(C)C(=O)N=C1/C=c1\[nH]/c(=C\c2[nH]c(/C=C3\NC(=O)C(C)=C3CC)c(C)c2CCS(=O)(=O)O)c(CCS(=O)(=O)O)c1C. The van der Waals surface area contributed by atoms with E-state index in [1.165, 1.54) is 0 Å². The highest BCUT2D eigenvalue weighted by Crippen LogP contribution is 2.28. The molecule has 14 heteroatoms. The zero-order valence-electron chi connectivity index (χ0n) is 26.1. The monoisotopic (exact) mass is 658 g/mol. The molecule has 0 unspecified atom stereocenters. The van der Waals surface area contributed by atoms with Crippen LogP contribution in [0, 0.1) is 13.8 Å². The molecule has 2 amide bonds. The summed E-state index contributed by atoms with van der Waals surface area (Å²) < 4.78 is 65.9. The number of aromatic amines is 2. The Kier molecular flexibility index (Phi) is 9.73. The van der Waals surface area contributed by atoms with Crippen molar-refractivity contribution in [2.75, 3.05) is 11.5 Å². The van der Waals surface area contributed by atoms with Gasteiger partial charge in [0, 0.05) is 38.9 Å². The number of aromatic nitrogens is 2. The van der Waals surface area contributed by atoms with Gasteiger partial charge in [0.1, 0.15) is 0 Å². The average molecular weight is 659 g/mol. The molecule has 0 saturated carbocycles. The molecule has 2 aliphatic heterocycles. The number of rotatable bonds is 11. The summed E-state index contributed by atoms with van der Waals surface area (Å²) >= 11 is 0. The predicted octanol–water partition coefficient (Wildman–Crippen LogP) is 2.33. The third-order valence-corrected chi connectivity index (χ3v) is 9.80. The van der Waals surface area contributed by atoms with E-state index < -0.39 is 31.7 Å². The van der Waals surface area contributed by atoms with Crippen molar-refractivity contribution in [1.29, 1.82) is 0 Å². The number of hydrogen-bond donors (Lipinski definition) is 5. The lowest BCUT2D eigenvalue weighted by molar-refractivity contribution is -0.116. The molecule has 0 spiro atoms. The van der Waals surface area contributed by atoms with Crippen molar-refractivity contribution in [3.05, 3.63) is 72.3 Å². The van der Waals surface area contributed by atoms with Gasteiger partial charge < -0.3 is 15.3 Å². The highest BCUT2D eigenvalue weighted by atomic mass is 32.2. The number of nitrogens with one attached hydrogen (secondary N) is 3. The molecule has 0 aliphatic carbocycles. The van der Waals surface area contributed by atoms with Crippen molar-refractivity contribution < 1.29 is 35.5 Å². The molecule has 5 N–H and O–H groups in total. The average Bonchev–Trinajstić information content (AvgIpc) is 3.58. The minimum absolute atomic E-state index is 0.0279. The van der Waals surface area contributed by atoms with Crippen LogP contribution in [-0.2, 0) is 42.7 Å². The third-order valence-electron chi connectivity index (χ3n) is 8.36. The molecule has 0 radical (unpaired) electrons. The molecule has 12 nitrogen and oxygen atoms in total. The second-order valence-electron chi connectivity index (χ2n) is 11.2. The van der Waals surface area contributed by atoms with Gasteiger partial charge in [0.05, 0.1) is 17.2 Å². The second-order valence-corrected chi connectivity index (χ2v) is 14.3. The maximum absolute atomic E-state index is 12.3. The van der Waals surface area contributed by atoms with Gasteiger partial charge in [0.2, 0.25) is 0 Å². The first-order chi connectivity index (χ1) is 20.9. The summed E-state index contributed by atoms with van der Waals surface area (Å²) in [6.45, 7) is 10.9. The van der Waals surface area contributed by atoms with Gasteiger partial charge in [-0.05, 0) is 105 Å². The Morgan fingerprint density at radius 2 is 1.31 bits per heavy atom. The van der Waals surface area contributed by atoms with Crippen LogP contribution >= 0.6 is 0 Å². The summed E-state index contributed by atoms with van der Waals surface area (Å²) in [6.07, 6.45) is 6.38. The van der Waals surface area contributed by atoms with E-state index in [9.17, 15) is 35.5 Å². The van der Waals surface area contributed by atoms with Crippen molar-refractivity contribution in [3.8, 4) is 0 Å². The minimum Gasteiger partial charge on any atom is -0.355 e. The number of nitrogens with zero attached hydrogens (tertiary/aromatic N) is 1. The largest absolute Gasteiger partial charge is 0.355 e. The van der Waals surface area contributed by atoms with Gasteiger partial charge in [-0.2, -0.15) is 16.8 Å². The van der Waals surface area contributed by atoms with Gasteiger partial charge in [-0.3, -0.25) is 18.7 Å². The lowest BCUT2D eigenvalue weighted by Crippen LogP contribution is -2.16. The number of hydrogen-bond acceptors (Lipinski definition) is 6. The molecule has 2 aliphatic rings. The Morgan fingerprint density at radius 3 is 1.89 bits per heavy atom. The van der Waals surface area contributed by atoms with Gasteiger partial charge in [0.25, 0.3) is 32.1 Å². The Balaban J connectivity index is 1.95. The van der Waals surface area contributed by atoms with Crippen LogP contribution in [0.15, 0.2) is 33.0 Å². The Morgan fingerprint density at radius 1 is 0.711 bits per heavy atom. The van der Waals surface area contributed by atoms with E-state index in [4.69, 9.17) is 0 Å². The highest BCUT2D eigenvalue weighted by molar-refractivity contribution is 7.86. The zero-order valence-corrected chi connectivity index (χ0v) is 27.7. The van der Waals surface area contributed by atoms with Crippen LogP contribution in [0.4, 0.5) is 0 Å². The van der Waals surface area contributed by atoms with E-state index in [0.29, 0.717) is 79.7 Å². The fourth-order valence-electron chi connectivity index (χ4n) is 5.78. The quantitative estimate of drug-likeness (QED) is 0.227. The van der Waals surface area contributed by atoms with Crippen molar-refractivity contribution in [2.45, 2.75) is 67.2 Å². The maximum atomic E-state index is 12.3. The first-order valence-corrected chi connectivity index (χ1v) is 17.7. The molecular formula is C31H38N4O8S2. The minimum atomic E-state index is -4.30. The maximum Gasteiger partial charge on any atom is 0.273 e. The molecule has 0 atom stereocenters. The van der Waals surface area contributed by atoms with Crippen LogP contribution in [0.3, 0.4) is 0 Å². The van der Waals surface area contributed by atoms with Crippen LogP contribution in [0.1, 0.15) is 74.2 Å². The van der Waals surface area contributed by atoms with Crippen LogP contribution in [0.5, 0.6) is 0 Å². The number of H-pyrrole nitrogens is 2. The van der Waals surface area contributed by atoms with Gasteiger partial charge in [-0.1, -0.05) is 13.8 Å². The smallest absolute Gasteiger partial charge is 0.273 e. The van der Waals surface area contributed by atoms with E-state index in [1.807, 2.05) is 13.8 Å². The van der Waals surface area contributed by atoms with Crippen LogP contribution < -0.4 is 16.0 Å². The van der Waals surface area contributed by atoms with E-state index >= 15 is 0 Å². The fourth-order valence-corrected chi connectivity index (χ4v) is 6.71. The summed E-state index contributed by atoms with van der Waals surface area (Å²) in [5, 5.41) is 3.95. The third kappa shape index (κ3) is 7.52. The van der Waals surface area contributed by atoms with Crippen molar-refractivity contribution in [3.63, 3.8) is 0 Å². The number of carbonyl (C=O) groups is 2. The summed E-state index contributed by atoms with van der Waals surface area (Å²) in [6, 6.07) is 0. The summed E-state index contributed by atoms with van der Waals surface area (Å²) in [7, 11) is -8.59. The summed E-state index contributed by atoms with van der Waals surface area (Å²) in [5.74, 6) is -1.58. The highest BCUT2D eigenvalue weighted by Gasteiger charge is 2.24. The molecule has 4 rings (SSSR count). The molecule has 242 valence electrons. The lowest BCUT2D eigenvalue weighted by Gasteiger charge is -2.04. The number of aliphatic imine (C=N–C) groups is 1. The van der Waals surface area contributed by atoms with Gasteiger partial charge in [-0.15, -0.1) is 0 Å². The number of allylic oxidation sites excluding steroid dienone is 2. The van der Waals surface area contributed by atoms with Gasteiger partial charge in [-0.25, -0.2) is 4.99 Å². The molecule has 45 heavy (non-hydrogen) atoms. The normalized spacial score (nSPS) is 17.9. The standard InChI is InChI=1S/C31H38N4O8S2/c1-7-20-18(5)30(36)34-26(20)13-24-16(3)22(9-11-44(38,39)40)28(32-24)15-29-23(10-12-45(41,42)43)17(4)25(33-29)14-27-21(8-2)19(6)31(37)35-27/h13-15,32-33H,7-12H2,1-6H3,(H,34,36)(H,38,39,40)(H,41,42,43)/b25-14-,26-13-,29-15-. The summed E-state index contributed by atoms with van der Waals surface area (Å²) in [5.41, 5.74) is 7.66. The Hall–Kier alpha value is -3.85. The van der Waals surface area contributed by atoms with Crippen molar-refractivity contribution in [2.24, 2.45) is 4.99 Å². The molecule has 2 aromatic heterocycles. The molecule has 0 bridgehead atoms. The van der Waals surface area contributed by atoms with E-state index in [2.05, 4.69) is 20.3 Å². The topological polar surface area (TPSA) is 199 Å². The predicted molar refractivity (Wildman–Crippen MR) is 173 cm³/mol. The fraction of sp³-hybridized carbons (Fsp3) is 0.387. The Bertz CT molecular complexity index is 2070. The molecular weight excluding hydrogens is 620 g/mol. The van der Waals surface area contributed by atoms with Crippen LogP contribution in [-0.4, -0.2) is 64.9 Å². The van der Waals surface area contributed by atoms with Crippen molar-refractivity contribution >= 4 is 56.0 Å². The van der Waals surface area contributed by atoms with Crippen LogP contribution in [0.25, 0.3) is 18.2 Å².